The zero-order valence-electron chi connectivity index (χ0n) is 18.4. The molecule has 0 radical (unpaired) electrons. The van der Waals surface area contributed by atoms with Crippen LogP contribution in [-0.4, -0.2) is 51.9 Å². The lowest BCUT2D eigenvalue weighted by atomic mass is 9.77. The number of carbonyl (C=O) groups is 1. The van der Waals surface area contributed by atoms with Gasteiger partial charge in [0.15, 0.2) is 0 Å². The lowest BCUT2D eigenvalue weighted by molar-refractivity contribution is 0.0228. The highest BCUT2D eigenvalue weighted by molar-refractivity contribution is 6.07. The zero-order chi connectivity index (χ0) is 20.6. The van der Waals surface area contributed by atoms with Crippen molar-refractivity contribution in [2.24, 2.45) is 4.99 Å². The lowest BCUT2D eigenvalue weighted by Gasteiger charge is -2.52. The van der Waals surface area contributed by atoms with E-state index in [9.17, 15) is 4.79 Å². The highest BCUT2D eigenvalue weighted by Gasteiger charge is 2.55. The van der Waals surface area contributed by atoms with E-state index in [1.165, 1.54) is 44.1 Å². The van der Waals surface area contributed by atoms with Gasteiger partial charge in [-0.1, -0.05) is 49.6 Å². The minimum absolute atomic E-state index is 0.0155. The van der Waals surface area contributed by atoms with Crippen molar-refractivity contribution in [3.05, 3.63) is 35.9 Å². The van der Waals surface area contributed by atoms with Crippen LogP contribution in [0.2, 0.25) is 0 Å². The Morgan fingerprint density at radius 2 is 1.83 bits per heavy atom. The van der Waals surface area contributed by atoms with E-state index in [-0.39, 0.29) is 11.6 Å². The van der Waals surface area contributed by atoms with Crippen molar-refractivity contribution in [3.8, 4) is 0 Å². The Labute approximate surface area is 180 Å². The van der Waals surface area contributed by atoms with Crippen molar-refractivity contribution in [1.29, 1.82) is 0 Å². The first-order valence-electron chi connectivity index (χ1n) is 12.1. The van der Waals surface area contributed by atoms with Crippen molar-refractivity contribution >= 4 is 11.9 Å². The number of aliphatic imine (C=N–C) groups is 1. The second-order valence-corrected chi connectivity index (χ2v) is 9.97. The number of amides is 2. The van der Waals surface area contributed by atoms with Crippen LogP contribution in [-0.2, 0) is 6.54 Å². The highest BCUT2D eigenvalue weighted by Crippen LogP contribution is 2.43. The maximum absolute atomic E-state index is 13.1. The maximum atomic E-state index is 13.1. The van der Waals surface area contributed by atoms with Crippen molar-refractivity contribution in [3.63, 3.8) is 0 Å². The van der Waals surface area contributed by atoms with Gasteiger partial charge in [-0.3, -0.25) is 4.90 Å². The minimum Gasteiger partial charge on any atom is -0.369 e. The molecule has 2 saturated carbocycles. The number of rotatable bonds is 4. The number of urea groups is 1. The fourth-order valence-corrected chi connectivity index (χ4v) is 6.06. The summed E-state index contributed by atoms with van der Waals surface area (Å²) >= 11 is 0. The Balaban J connectivity index is 1.36. The number of benzene rings is 1. The number of hydrogen-bond acceptors (Lipinski definition) is 3. The van der Waals surface area contributed by atoms with E-state index < -0.39 is 0 Å². The number of carbonyl (C=O) groups excluding carboxylic acids is 1. The average molecular weight is 409 g/mol. The Bertz CT molecular complexity index is 784. The molecular formula is C25H36N4O. The van der Waals surface area contributed by atoms with Gasteiger partial charge in [0.25, 0.3) is 0 Å². The third-order valence-corrected chi connectivity index (χ3v) is 8.00. The Morgan fingerprint density at radius 3 is 2.50 bits per heavy atom. The standard InChI is InChI=1S/C25H36N4O/c1-19-17-25(15-16-28(19)18-20-9-4-2-5-10-20)23(26-21-11-6-3-7-12-21)27-24(30)29(25)22-13-8-14-22/h2,4-5,9-10,19,21-22H,3,6-8,11-18H2,1H3,(H,26,27,30). The topological polar surface area (TPSA) is 47.9 Å². The summed E-state index contributed by atoms with van der Waals surface area (Å²) < 4.78 is 0. The van der Waals surface area contributed by atoms with Gasteiger partial charge in [-0.25, -0.2) is 4.79 Å². The molecule has 2 aliphatic carbocycles. The first-order valence-corrected chi connectivity index (χ1v) is 12.1. The molecule has 1 N–H and O–H groups in total. The molecule has 1 aromatic carbocycles. The van der Waals surface area contributed by atoms with Crippen molar-refractivity contribution in [2.45, 2.75) is 101 Å². The molecule has 2 unspecified atom stereocenters. The summed E-state index contributed by atoms with van der Waals surface area (Å²) in [5.74, 6) is 0.998. The Morgan fingerprint density at radius 1 is 1.07 bits per heavy atom. The number of piperidine rings is 1. The van der Waals surface area contributed by atoms with Crippen LogP contribution in [0.1, 0.15) is 76.7 Å². The largest absolute Gasteiger partial charge is 0.369 e. The smallest absolute Gasteiger partial charge is 0.346 e. The summed E-state index contributed by atoms with van der Waals surface area (Å²) in [7, 11) is 0. The minimum atomic E-state index is -0.216. The zero-order valence-corrected chi connectivity index (χ0v) is 18.4. The molecule has 2 heterocycles. The molecule has 162 valence electrons. The van der Waals surface area contributed by atoms with Crippen molar-refractivity contribution in [1.82, 2.24) is 15.1 Å². The summed E-state index contributed by atoms with van der Waals surface area (Å²) in [6.07, 6.45) is 11.8. The van der Waals surface area contributed by atoms with E-state index in [2.05, 4.69) is 57.4 Å². The molecule has 5 nitrogen and oxygen atoms in total. The molecule has 3 fully saturated rings. The number of nitrogens with one attached hydrogen (secondary N) is 1. The van der Waals surface area contributed by atoms with Crippen LogP contribution in [0.15, 0.2) is 35.3 Å². The van der Waals surface area contributed by atoms with Crippen molar-refractivity contribution < 1.29 is 4.79 Å². The van der Waals surface area contributed by atoms with Crippen LogP contribution < -0.4 is 5.32 Å². The predicted octanol–water partition coefficient (Wildman–Crippen LogP) is 4.72. The lowest BCUT2D eigenvalue weighted by Crippen LogP contribution is -2.66. The van der Waals surface area contributed by atoms with Crippen LogP contribution in [0.4, 0.5) is 4.79 Å². The molecule has 30 heavy (non-hydrogen) atoms. The van der Waals surface area contributed by atoms with Crippen LogP contribution in [0.5, 0.6) is 0 Å². The van der Waals surface area contributed by atoms with E-state index in [1.54, 1.807) is 0 Å². The van der Waals surface area contributed by atoms with Crippen LogP contribution in [0.25, 0.3) is 0 Å². The number of likely N-dealkylation sites (tertiary alicyclic amines) is 1. The summed E-state index contributed by atoms with van der Waals surface area (Å²) in [5.41, 5.74) is 1.15. The van der Waals surface area contributed by atoms with E-state index in [4.69, 9.17) is 0 Å². The van der Waals surface area contributed by atoms with Gasteiger partial charge < -0.3 is 10.2 Å². The highest BCUT2D eigenvalue weighted by atomic mass is 16.2. The summed E-state index contributed by atoms with van der Waals surface area (Å²) in [4.78, 5) is 22.5. The maximum Gasteiger partial charge on any atom is 0.346 e. The number of amidine groups is 1. The van der Waals surface area contributed by atoms with Crippen LogP contribution in [0, 0.1) is 0 Å². The summed E-state index contributed by atoms with van der Waals surface area (Å²) in [6.45, 7) is 4.33. The van der Waals surface area contributed by atoms with Crippen LogP contribution in [0.3, 0.4) is 0 Å². The molecule has 5 heteroatoms. The van der Waals surface area contributed by atoms with Gasteiger partial charge in [-0.15, -0.1) is 0 Å². The van der Waals surface area contributed by atoms with Gasteiger partial charge in [0, 0.05) is 31.2 Å². The molecule has 0 bridgehead atoms. The monoisotopic (exact) mass is 408 g/mol. The SMILES string of the molecule is CC1CC2(CCN1Cc1ccccc1)C(NC1CCCCC1)=NC(=O)N2C1CCC1. The number of hydrogen-bond donors (Lipinski definition) is 1. The fourth-order valence-electron chi connectivity index (χ4n) is 6.06. The van der Waals surface area contributed by atoms with E-state index in [0.29, 0.717) is 18.1 Å². The molecule has 4 aliphatic rings. The second-order valence-electron chi connectivity index (χ2n) is 9.97. The quantitative estimate of drug-likeness (QED) is 0.784. The van der Waals surface area contributed by atoms with Gasteiger partial charge >= 0.3 is 6.03 Å². The van der Waals surface area contributed by atoms with Crippen molar-refractivity contribution in [2.75, 3.05) is 6.54 Å². The first-order chi connectivity index (χ1) is 14.7. The molecule has 5 rings (SSSR count). The van der Waals surface area contributed by atoms with E-state index in [0.717, 1.165) is 44.6 Å². The Hall–Kier alpha value is -1.88. The van der Waals surface area contributed by atoms with E-state index in [1.807, 2.05) is 0 Å². The third-order valence-electron chi connectivity index (χ3n) is 8.00. The van der Waals surface area contributed by atoms with E-state index >= 15 is 0 Å². The Kier molecular flexibility index (Phi) is 5.57. The molecule has 2 atom stereocenters. The van der Waals surface area contributed by atoms with Gasteiger partial charge in [0.05, 0.1) is 0 Å². The fraction of sp³-hybridized carbons (Fsp3) is 0.680. The predicted molar refractivity (Wildman–Crippen MR) is 121 cm³/mol. The summed E-state index contributed by atoms with van der Waals surface area (Å²) in [5, 5.41) is 3.80. The molecule has 0 aromatic heterocycles. The molecule has 1 spiro atoms. The molecule has 1 saturated heterocycles. The van der Waals surface area contributed by atoms with Gasteiger partial charge in [0.2, 0.25) is 0 Å². The normalized spacial score (nSPS) is 31.1. The van der Waals surface area contributed by atoms with Gasteiger partial charge in [-0.2, -0.15) is 4.99 Å². The molecule has 2 amide bonds. The molecule has 1 aromatic rings. The molecular weight excluding hydrogens is 372 g/mol. The second kappa shape index (κ2) is 8.33. The van der Waals surface area contributed by atoms with Gasteiger partial charge in [-0.05, 0) is 57.4 Å². The van der Waals surface area contributed by atoms with Gasteiger partial charge in [0.1, 0.15) is 11.4 Å². The average Bonchev–Trinajstić information content (AvgIpc) is 2.96. The van der Waals surface area contributed by atoms with Crippen LogP contribution >= 0.6 is 0 Å². The number of nitrogens with zero attached hydrogens (tertiary/aromatic N) is 3. The molecule has 2 aliphatic heterocycles. The third kappa shape index (κ3) is 3.66. The summed E-state index contributed by atoms with van der Waals surface area (Å²) in [6, 6.07) is 12.1. The first kappa shape index (κ1) is 20.0.